The molecule has 2 unspecified atom stereocenters. The average molecular weight is 687 g/mol. The van der Waals surface area contributed by atoms with Crippen molar-refractivity contribution >= 4 is 39.9 Å². The third-order valence-corrected chi connectivity index (χ3v) is 8.66. The topological polar surface area (TPSA) is 76.8 Å². The number of aromatic nitrogens is 3. The molecule has 0 radical (unpaired) electrons. The number of ether oxygens (including phenoxy) is 1. The lowest BCUT2D eigenvalue weighted by molar-refractivity contribution is -0.360. The van der Waals surface area contributed by atoms with Crippen molar-refractivity contribution in [1.82, 2.24) is 20.2 Å². The molecule has 6 rings (SSSR count). The van der Waals surface area contributed by atoms with E-state index in [-0.39, 0.29) is 11.2 Å². The fourth-order valence-electron chi connectivity index (χ4n) is 5.08. The monoisotopic (exact) mass is 686 g/mol. The standard InChI is InChI=1S/C32H27F5N6O2S2/c1-18-4-13-26-19(2)15-24-16-47-30(43(24)27(26)14-18)39-29(46)41-45-20(3)21-5-7-22(8-6-21)28-38-17-42(40-28)23-9-11-25(12-10-23)44-32(36,37)31(33,34)35/h4-15,17,19-20H,16H2,1-3H3,(H,41,46). The Morgan fingerprint density at radius 3 is 2.49 bits per heavy atom. The first-order chi connectivity index (χ1) is 22.3. The van der Waals surface area contributed by atoms with Crippen molar-refractivity contribution in [3.05, 3.63) is 102 Å². The van der Waals surface area contributed by atoms with E-state index in [1.165, 1.54) is 40.0 Å². The largest absolute Gasteiger partial charge is 0.499 e. The van der Waals surface area contributed by atoms with Crippen LogP contribution in [0.25, 0.3) is 17.1 Å². The van der Waals surface area contributed by atoms with E-state index >= 15 is 0 Å². The van der Waals surface area contributed by atoms with Gasteiger partial charge in [0.15, 0.2) is 11.0 Å². The van der Waals surface area contributed by atoms with E-state index in [1.54, 1.807) is 11.8 Å². The lowest BCUT2D eigenvalue weighted by Gasteiger charge is -2.30. The summed E-state index contributed by atoms with van der Waals surface area (Å²) in [6.07, 6.45) is -7.87. The molecule has 1 fully saturated rings. The van der Waals surface area contributed by atoms with Gasteiger partial charge in [-0.25, -0.2) is 15.1 Å². The smallest absolute Gasteiger partial charge is 0.426 e. The van der Waals surface area contributed by atoms with E-state index in [0.29, 0.717) is 23.0 Å². The summed E-state index contributed by atoms with van der Waals surface area (Å²) >= 11 is 7.11. The highest BCUT2D eigenvalue weighted by Gasteiger charge is 2.61. The molecule has 15 heteroatoms. The van der Waals surface area contributed by atoms with Crippen molar-refractivity contribution in [2.75, 3.05) is 10.7 Å². The maximum atomic E-state index is 13.2. The Balaban J connectivity index is 1.06. The lowest BCUT2D eigenvalue weighted by Crippen LogP contribution is -2.41. The third kappa shape index (κ3) is 6.87. The van der Waals surface area contributed by atoms with Gasteiger partial charge in [-0.15, -0.1) is 5.10 Å². The fourth-order valence-corrected chi connectivity index (χ4v) is 6.27. The van der Waals surface area contributed by atoms with Gasteiger partial charge in [-0.05, 0) is 73.1 Å². The summed E-state index contributed by atoms with van der Waals surface area (Å²) in [5, 5.41) is 5.37. The molecular formula is C32H27F5N6O2S2. The quantitative estimate of drug-likeness (QED) is 0.118. The van der Waals surface area contributed by atoms with Crippen molar-refractivity contribution in [2.45, 2.75) is 45.1 Å². The minimum absolute atomic E-state index is 0.202. The number of alkyl halides is 5. The van der Waals surface area contributed by atoms with E-state index in [9.17, 15) is 22.0 Å². The van der Waals surface area contributed by atoms with Crippen LogP contribution in [-0.4, -0.2) is 43.1 Å². The Bertz CT molecular complexity index is 1860. The maximum absolute atomic E-state index is 13.2. The second-order valence-corrected chi connectivity index (χ2v) is 12.3. The van der Waals surface area contributed by atoms with Crippen LogP contribution in [0, 0.1) is 6.92 Å². The number of hydrogen-bond acceptors (Lipinski definition) is 6. The van der Waals surface area contributed by atoms with Crippen LogP contribution in [0.3, 0.4) is 0 Å². The molecule has 2 aliphatic rings. The molecule has 0 saturated carbocycles. The number of hydroxylamine groups is 1. The second-order valence-electron chi connectivity index (χ2n) is 10.9. The number of aryl methyl sites for hydroxylation is 1. The zero-order chi connectivity index (χ0) is 33.5. The highest BCUT2D eigenvalue weighted by atomic mass is 32.2. The molecular weight excluding hydrogens is 660 g/mol. The molecule has 2 aliphatic heterocycles. The predicted octanol–water partition coefficient (Wildman–Crippen LogP) is 8.25. The number of fused-ring (bicyclic) bond motifs is 3. The molecule has 8 nitrogen and oxygen atoms in total. The van der Waals surface area contributed by atoms with Gasteiger partial charge in [0.1, 0.15) is 18.2 Å². The normalized spacial score (nSPS) is 17.6. The minimum Gasteiger partial charge on any atom is -0.426 e. The first-order valence-electron chi connectivity index (χ1n) is 14.3. The van der Waals surface area contributed by atoms with Crippen LogP contribution in [0.4, 0.5) is 27.6 Å². The number of rotatable bonds is 7. The summed E-state index contributed by atoms with van der Waals surface area (Å²) in [6.45, 7) is 6.12. The number of nitrogens with zero attached hydrogens (tertiary/aromatic N) is 5. The average Bonchev–Trinajstić information content (AvgIpc) is 3.67. The van der Waals surface area contributed by atoms with Crippen molar-refractivity contribution < 1.29 is 31.5 Å². The summed E-state index contributed by atoms with van der Waals surface area (Å²) in [5.41, 5.74) is 9.43. The zero-order valence-corrected chi connectivity index (χ0v) is 26.8. The molecule has 1 aromatic heterocycles. The Hall–Kier alpha value is -4.34. The molecule has 0 aliphatic carbocycles. The number of aliphatic imine (C=N–C) groups is 1. The molecule has 3 aromatic carbocycles. The number of anilines is 1. The van der Waals surface area contributed by atoms with Crippen LogP contribution in [0.5, 0.6) is 5.75 Å². The van der Waals surface area contributed by atoms with Gasteiger partial charge in [0.05, 0.1) is 11.4 Å². The minimum atomic E-state index is -5.83. The van der Waals surface area contributed by atoms with Crippen LogP contribution < -0.4 is 15.1 Å². The highest BCUT2D eigenvalue weighted by molar-refractivity contribution is 8.14. The molecule has 2 atom stereocenters. The number of thiocarbonyl (C=S) groups is 1. The molecule has 1 saturated heterocycles. The Morgan fingerprint density at radius 2 is 1.79 bits per heavy atom. The van der Waals surface area contributed by atoms with Crippen LogP contribution in [-0.2, 0) is 4.84 Å². The highest BCUT2D eigenvalue weighted by Crippen LogP contribution is 2.43. The van der Waals surface area contributed by atoms with Crippen LogP contribution in [0.2, 0.25) is 0 Å². The van der Waals surface area contributed by atoms with E-state index in [4.69, 9.17) is 17.1 Å². The van der Waals surface area contributed by atoms with Crippen LogP contribution in [0.1, 0.15) is 42.6 Å². The number of nitrogens with one attached hydrogen (secondary N) is 1. The first kappa shape index (κ1) is 32.6. The molecule has 3 heterocycles. The van der Waals surface area contributed by atoms with Crippen LogP contribution in [0.15, 0.2) is 89.8 Å². The van der Waals surface area contributed by atoms with Gasteiger partial charge in [-0.3, -0.25) is 9.74 Å². The summed E-state index contributed by atoms with van der Waals surface area (Å²) in [6, 6.07) is 18.3. The number of allylic oxidation sites excluding steroid dienone is 1. The first-order valence-corrected chi connectivity index (χ1v) is 15.7. The van der Waals surface area contributed by atoms with E-state index in [1.807, 2.05) is 31.2 Å². The lowest BCUT2D eigenvalue weighted by atomic mass is 9.93. The summed E-state index contributed by atoms with van der Waals surface area (Å²) in [4.78, 5) is 16.9. The van der Waals surface area contributed by atoms with E-state index in [2.05, 4.69) is 68.3 Å². The van der Waals surface area contributed by atoms with Gasteiger partial charge < -0.3 is 4.74 Å². The van der Waals surface area contributed by atoms with Crippen molar-refractivity contribution in [1.29, 1.82) is 0 Å². The number of amidine groups is 1. The fraction of sp³-hybridized carbons (Fsp3) is 0.250. The van der Waals surface area contributed by atoms with Crippen molar-refractivity contribution in [3.8, 4) is 22.8 Å². The van der Waals surface area contributed by atoms with Gasteiger partial charge in [0.2, 0.25) is 5.11 Å². The number of hydrogen-bond donors (Lipinski definition) is 1. The van der Waals surface area contributed by atoms with Gasteiger partial charge in [-0.1, -0.05) is 61.2 Å². The molecule has 0 spiro atoms. The van der Waals surface area contributed by atoms with E-state index < -0.39 is 18.0 Å². The maximum Gasteiger partial charge on any atom is 0.499 e. The summed E-state index contributed by atoms with van der Waals surface area (Å²) in [7, 11) is 0. The molecule has 4 aromatic rings. The van der Waals surface area contributed by atoms with Gasteiger partial charge in [0, 0.05) is 22.9 Å². The molecule has 0 amide bonds. The van der Waals surface area contributed by atoms with Gasteiger partial charge in [0.25, 0.3) is 0 Å². The number of halogens is 5. The summed E-state index contributed by atoms with van der Waals surface area (Å²) in [5.74, 6) is 0.853. The second kappa shape index (κ2) is 12.7. The number of thioether (sulfide) groups is 1. The predicted molar refractivity (Wildman–Crippen MR) is 174 cm³/mol. The SMILES string of the molecule is Cc1ccc2c(c1)N1C(=CC2C)CSC1=NC(=S)NOC(C)c1ccc(-c2ncn(-c3ccc(OC(F)(F)C(F)(F)F)cc3)n2)cc1. The Morgan fingerprint density at radius 1 is 1.06 bits per heavy atom. The third-order valence-electron chi connectivity index (χ3n) is 7.52. The molecule has 244 valence electrons. The van der Waals surface area contributed by atoms with E-state index in [0.717, 1.165) is 34.3 Å². The van der Waals surface area contributed by atoms with Gasteiger partial charge >= 0.3 is 12.3 Å². The number of benzene rings is 3. The molecule has 0 bridgehead atoms. The van der Waals surface area contributed by atoms with Crippen molar-refractivity contribution in [3.63, 3.8) is 0 Å². The zero-order valence-electron chi connectivity index (χ0n) is 25.1. The van der Waals surface area contributed by atoms with Gasteiger partial charge in [-0.2, -0.15) is 26.9 Å². The van der Waals surface area contributed by atoms with Crippen molar-refractivity contribution in [2.24, 2.45) is 4.99 Å². The Labute approximate surface area is 276 Å². The summed E-state index contributed by atoms with van der Waals surface area (Å²) < 4.78 is 68.8. The van der Waals surface area contributed by atoms with Crippen LogP contribution >= 0.6 is 24.0 Å². The Kier molecular flexibility index (Phi) is 8.80. The molecule has 47 heavy (non-hydrogen) atoms. The molecule has 1 N–H and O–H groups in total.